The summed E-state index contributed by atoms with van der Waals surface area (Å²) in [5.41, 5.74) is 3.57. The van der Waals surface area contributed by atoms with E-state index >= 15 is 0 Å². The third kappa shape index (κ3) is 4.81. The van der Waals surface area contributed by atoms with Crippen LogP contribution in [0.25, 0.3) is 6.08 Å². The number of esters is 1. The third-order valence-electron chi connectivity index (χ3n) is 4.49. The fraction of sp³-hybridized carbons (Fsp3) is 0.227. The summed E-state index contributed by atoms with van der Waals surface area (Å²) in [4.78, 5) is 37.2. The van der Waals surface area contributed by atoms with Crippen molar-refractivity contribution in [2.45, 2.75) is 20.0 Å². The summed E-state index contributed by atoms with van der Waals surface area (Å²) >= 11 is 6.92. The summed E-state index contributed by atoms with van der Waals surface area (Å²) in [6.45, 7) is 3.68. The van der Waals surface area contributed by atoms with Gasteiger partial charge in [-0.3, -0.25) is 15.0 Å². The van der Waals surface area contributed by atoms with Gasteiger partial charge in [-0.05, 0) is 75.5 Å². The lowest BCUT2D eigenvalue weighted by Crippen LogP contribution is -2.35. The fourth-order valence-electron chi connectivity index (χ4n) is 2.94. The summed E-state index contributed by atoms with van der Waals surface area (Å²) in [7, 11) is 1.27. The quantitative estimate of drug-likeness (QED) is 0.309. The number of anilines is 1. The number of methoxy groups -OCH3 is 1. The molecule has 1 fully saturated rings. The predicted molar refractivity (Wildman–Crippen MR) is 125 cm³/mol. The summed E-state index contributed by atoms with van der Waals surface area (Å²) < 4.78 is 17.1. The van der Waals surface area contributed by atoms with Crippen LogP contribution >= 0.6 is 31.9 Å². The molecule has 3 rings (SSSR count). The molecular weight excluding hydrogens is 548 g/mol. The molecule has 0 aromatic heterocycles. The van der Waals surface area contributed by atoms with Crippen LogP contribution in [-0.4, -0.2) is 37.6 Å². The van der Waals surface area contributed by atoms with Gasteiger partial charge < -0.3 is 14.2 Å². The molecule has 8 nitrogen and oxygen atoms in total. The van der Waals surface area contributed by atoms with Crippen LogP contribution in [0.1, 0.15) is 19.4 Å². The minimum absolute atomic E-state index is 0.0412. The summed E-state index contributed by atoms with van der Waals surface area (Å²) in [5.74, 6) is -0.944. The van der Waals surface area contributed by atoms with Crippen molar-refractivity contribution in [2.24, 2.45) is 0 Å². The van der Waals surface area contributed by atoms with Gasteiger partial charge in [0.15, 0.2) is 17.6 Å². The van der Waals surface area contributed by atoms with Crippen molar-refractivity contribution in [3.8, 4) is 11.5 Å². The van der Waals surface area contributed by atoms with E-state index in [1.165, 1.54) is 18.2 Å². The lowest BCUT2D eigenvalue weighted by molar-refractivity contribution is -0.148. The Morgan fingerprint density at radius 1 is 1.19 bits per heavy atom. The summed E-state index contributed by atoms with van der Waals surface area (Å²) in [6, 6.07) is 10.4. The topological polar surface area (TPSA) is 94.2 Å². The molecule has 1 heterocycles. The van der Waals surface area contributed by atoms with E-state index in [2.05, 4.69) is 37.3 Å². The maximum absolute atomic E-state index is 12.9. The second-order valence-corrected chi connectivity index (χ2v) is 8.20. The number of hydrazine groups is 1. The van der Waals surface area contributed by atoms with Crippen LogP contribution in [0.3, 0.4) is 0 Å². The van der Waals surface area contributed by atoms with Gasteiger partial charge in [0.1, 0.15) is 5.57 Å². The van der Waals surface area contributed by atoms with Gasteiger partial charge in [-0.25, -0.2) is 9.80 Å². The van der Waals surface area contributed by atoms with Crippen LogP contribution in [0.4, 0.5) is 5.69 Å². The fourth-order valence-corrected chi connectivity index (χ4v) is 3.87. The Kier molecular flexibility index (Phi) is 7.57. The number of halogens is 2. The smallest absolute Gasteiger partial charge is 0.346 e. The first-order chi connectivity index (χ1) is 15.3. The molecule has 1 aliphatic heterocycles. The first kappa shape index (κ1) is 23.8. The highest BCUT2D eigenvalue weighted by molar-refractivity contribution is 9.13. The monoisotopic (exact) mass is 566 g/mol. The average molecular weight is 568 g/mol. The maximum Gasteiger partial charge on any atom is 0.346 e. The number of nitrogens with zero attached hydrogens (tertiary/aromatic N) is 1. The zero-order chi connectivity index (χ0) is 23.4. The molecule has 0 aliphatic carbocycles. The van der Waals surface area contributed by atoms with Gasteiger partial charge in [-0.2, -0.15) is 0 Å². The van der Waals surface area contributed by atoms with Gasteiger partial charge in [-0.1, -0.05) is 18.2 Å². The number of benzene rings is 2. The SMILES string of the molecule is CCOc1cc(/C=C2/C(=O)NN(c3ccccc3)C2=O)c(Br)c(Br)c1O[C@H](C)C(=O)OC. The van der Waals surface area contributed by atoms with Crippen molar-refractivity contribution >= 4 is 61.4 Å². The Balaban J connectivity index is 2.01. The van der Waals surface area contributed by atoms with Crippen LogP contribution in [0.2, 0.25) is 0 Å². The number of ether oxygens (including phenoxy) is 3. The molecule has 1 N–H and O–H groups in total. The Bertz CT molecular complexity index is 1090. The Labute approximate surface area is 201 Å². The number of hydrogen-bond donors (Lipinski definition) is 1. The normalized spacial score (nSPS) is 15.5. The number of hydrogen-bond acceptors (Lipinski definition) is 6. The Morgan fingerprint density at radius 2 is 1.88 bits per heavy atom. The van der Waals surface area contributed by atoms with Crippen molar-refractivity contribution in [2.75, 3.05) is 18.7 Å². The highest BCUT2D eigenvalue weighted by Crippen LogP contribution is 2.44. The Hall–Kier alpha value is -2.85. The van der Waals surface area contributed by atoms with Crippen molar-refractivity contribution < 1.29 is 28.6 Å². The zero-order valence-corrected chi connectivity index (χ0v) is 20.7. The minimum atomic E-state index is -0.881. The van der Waals surface area contributed by atoms with Gasteiger partial charge in [0, 0.05) is 4.47 Å². The average Bonchev–Trinajstić information content (AvgIpc) is 3.08. The molecule has 32 heavy (non-hydrogen) atoms. The minimum Gasteiger partial charge on any atom is -0.490 e. The van der Waals surface area contributed by atoms with E-state index in [9.17, 15) is 14.4 Å². The molecule has 0 unspecified atom stereocenters. The molecule has 2 aromatic carbocycles. The standard InChI is InChI=1S/C22H20Br2N2O6/c1-4-31-16-11-13(17(23)18(24)19(16)32-12(2)22(29)30-3)10-15-20(27)25-26(21(15)28)14-8-6-5-7-9-14/h5-12H,4H2,1-3H3,(H,25,27)/b15-10-/t12-/m1/s1. The largest absolute Gasteiger partial charge is 0.490 e. The summed E-state index contributed by atoms with van der Waals surface area (Å²) in [6.07, 6.45) is 0.583. The number of carbonyl (C=O) groups excluding carboxylic acids is 3. The molecule has 168 valence electrons. The molecule has 1 aliphatic rings. The van der Waals surface area contributed by atoms with Gasteiger partial charge in [0.05, 0.1) is 23.9 Å². The van der Waals surface area contributed by atoms with Crippen LogP contribution in [0.5, 0.6) is 11.5 Å². The number of rotatable bonds is 7. The molecule has 0 radical (unpaired) electrons. The van der Waals surface area contributed by atoms with Crippen LogP contribution in [0.15, 0.2) is 50.9 Å². The van der Waals surface area contributed by atoms with Gasteiger partial charge in [-0.15, -0.1) is 0 Å². The van der Waals surface area contributed by atoms with E-state index in [1.807, 2.05) is 6.07 Å². The predicted octanol–water partition coefficient (Wildman–Crippen LogP) is 4.01. The van der Waals surface area contributed by atoms with Gasteiger partial charge in [0.25, 0.3) is 11.8 Å². The molecule has 2 amide bonds. The van der Waals surface area contributed by atoms with Crippen molar-refractivity contribution in [1.29, 1.82) is 0 Å². The first-order valence-corrected chi connectivity index (χ1v) is 11.2. The van der Waals surface area contributed by atoms with Crippen LogP contribution in [0, 0.1) is 0 Å². The van der Waals surface area contributed by atoms with Crippen LogP contribution in [-0.2, 0) is 19.1 Å². The highest BCUT2D eigenvalue weighted by atomic mass is 79.9. The van der Waals surface area contributed by atoms with E-state index in [4.69, 9.17) is 14.2 Å². The molecule has 10 heteroatoms. The van der Waals surface area contributed by atoms with E-state index in [1.54, 1.807) is 44.2 Å². The third-order valence-corrected chi connectivity index (χ3v) is 6.63. The Morgan fingerprint density at radius 3 is 2.50 bits per heavy atom. The van der Waals surface area contributed by atoms with Crippen molar-refractivity contribution in [3.05, 3.63) is 56.5 Å². The van der Waals surface area contributed by atoms with E-state index in [0.717, 1.165) is 0 Å². The second kappa shape index (κ2) is 10.2. The molecule has 1 saturated heterocycles. The zero-order valence-electron chi connectivity index (χ0n) is 17.5. The number of para-hydroxylation sites is 1. The molecular formula is C22H20Br2N2O6. The van der Waals surface area contributed by atoms with E-state index in [0.29, 0.717) is 32.6 Å². The van der Waals surface area contributed by atoms with Gasteiger partial charge in [0.2, 0.25) is 0 Å². The summed E-state index contributed by atoms with van der Waals surface area (Å²) in [5, 5.41) is 1.19. The molecule has 0 saturated carbocycles. The molecule has 0 spiro atoms. The number of carbonyl (C=O) groups is 3. The molecule has 1 atom stereocenters. The second-order valence-electron chi connectivity index (χ2n) is 6.61. The molecule has 0 bridgehead atoms. The molecule has 2 aromatic rings. The van der Waals surface area contributed by atoms with E-state index < -0.39 is 23.9 Å². The van der Waals surface area contributed by atoms with Crippen molar-refractivity contribution in [3.63, 3.8) is 0 Å². The number of amides is 2. The van der Waals surface area contributed by atoms with Crippen LogP contribution < -0.4 is 19.9 Å². The number of nitrogens with one attached hydrogen (secondary N) is 1. The lowest BCUT2D eigenvalue weighted by atomic mass is 10.1. The van der Waals surface area contributed by atoms with E-state index in [-0.39, 0.29) is 11.3 Å². The van der Waals surface area contributed by atoms with Crippen molar-refractivity contribution in [1.82, 2.24) is 5.43 Å². The lowest BCUT2D eigenvalue weighted by Gasteiger charge is -2.19. The maximum atomic E-state index is 12.9. The van der Waals surface area contributed by atoms with Gasteiger partial charge >= 0.3 is 5.97 Å². The highest BCUT2D eigenvalue weighted by Gasteiger charge is 2.35. The first-order valence-electron chi connectivity index (χ1n) is 9.59.